The van der Waals surface area contributed by atoms with E-state index in [2.05, 4.69) is 0 Å². The zero-order valence-corrected chi connectivity index (χ0v) is 15.3. The van der Waals surface area contributed by atoms with Gasteiger partial charge in [-0.15, -0.1) is 0 Å². The fourth-order valence-corrected chi connectivity index (χ4v) is 4.20. The lowest BCUT2D eigenvalue weighted by Crippen LogP contribution is -2.44. The lowest BCUT2D eigenvalue weighted by Gasteiger charge is -2.30. The van der Waals surface area contributed by atoms with Crippen molar-refractivity contribution in [3.05, 3.63) is 34.4 Å². The summed E-state index contributed by atoms with van der Waals surface area (Å²) >= 11 is 0. The Morgan fingerprint density at radius 3 is 2.68 bits per heavy atom. The second kappa shape index (κ2) is 5.97. The van der Waals surface area contributed by atoms with Crippen LogP contribution < -0.4 is 0 Å². The van der Waals surface area contributed by atoms with E-state index in [0.717, 1.165) is 16.7 Å². The molecule has 0 radical (unpaired) electrons. The number of allylic oxidation sites excluding steroid dienone is 3. The Morgan fingerprint density at radius 2 is 2.04 bits per heavy atom. The largest absolute Gasteiger partial charge is 0.458 e. The number of ether oxygens (including phenoxy) is 2. The molecule has 0 aromatic heterocycles. The molecule has 0 bridgehead atoms. The summed E-state index contributed by atoms with van der Waals surface area (Å²) in [5.74, 6) is -1.53. The molecule has 134 valence electrons. The lowest BCUT2D eigenvalue weighted by molar-refractivity contribution is -0.170. The Kier molecular flexibility index (Phi) is 4.21. The molecular weight excluding hydrogens is 320 g/mol. The molecule has 3 rings (SSSR count). The highest BCUT2D eigenvalue weighted by Crippen LogP contribution is 2.50. The van der Waals surface area contributed by atoms with Gasteiger partial charge in [-0.3, -0.25) is 4.79 Å². The van der Waals surface area contributed by atoms with Crippen molar-refractivity contribution >= 4 is 17.7 Å². The number of ketones is 1. The number of fused-ring (bicyclic) bond motifs is 3. The Morgan fingerprint density at radius 1 is 1.36 bits per heavy atom. The van der Waals surface area contributed by atoms with Gasteiger partial charge in [-0.1, -0.05) is 17.2 Å². The highest BCUT2D eigenvalue weighted by molar-refractivity contribution is 6.09. The van der Waals surface area contributed by atoms with E-state index in [-0.39, 0.29) is 17.6 Å². The predicted molar refractivity (Wildman–Crippen MR) is 91.5 cm³/mol. The summed E-state index contributed by atoms with van der Waals surface area (Å²) in [6.45, 7) is 8.89. The van der Waals surface area contributed by atoms with Crippen LogP contribution in [0.15, 0.2) is 34.4 Å². The normalized spacial score (nSPS) is 35.0. The summed E-state index contributed by atoms with van der Waals surface area (Å²) in [5, 5.41) is 0. The lowest BCUT2D eigenvalue weighted by atomic mass is 9.78. The molecule has 0 amide bonds. The van der Waals surface area contributed by atoms with Gasteiger partial charge >= 0.3 is 11.9 Å². The van der Waals surface area contributed by atoms with Gasteiger partial charge in [-0.25, -0.2) is 9.59 Å². The van der Waals surface area contributed by atoms with Crippen LogP contribution in [0.5, 0.6) is 0 Å². The molecule has 2 aliphatic carbocycles. The topological polar surface area (TPSA) is 69.7 Å². The summed E-state index contributed by atoms with van der Waals surface area (Å²) in [4.78, 5) is 37.3. The molecule has 1 saturated heterocycles. The molecule has 0 spiro atoms. The summed E-state index contributed by atoms with van der Waals surface area (Å²) in [7, 11) is 0. The molecule has 5 heteroatoms. The first kappa shape index (κ1) is 17.6. The first-order valence-electron chi connectivity index (χ1n) is 8.70. The van der Waals surface area contributed by atoms with Crippen LogP contribution in [0.3, 0.4) is 0 Å². The van der Waals surface area contributed by atoms with Gasteiger partial charge < -0.3 is 9.47 Å². The smallest absolute Gasteiger partial charge is 0.351 e. The molecule has 0 N–H and O–H groups in total. The molecule has 1 aliphatic heterocycles. The van der Waals surface area contributed by atoms with E-state index in [4.69, 9.17) is 9.47 Å². The van der Waals surface area contributed by atoms with Gasteiger partial charge in [0, 0.05) is 23.0 Å². The average Bonchev–Trinajstić information content (AvgIpc) is 2.90. The maximum atomic E-state index is 12.6. The van der Waals surface area contributed by atoms with E-state index in [1.165, 1.54) is 0 Å². The second-order valence-electron chi connectivity index (χ2n) is 7.41. The molecule has 0 aromatic rings. The van der Waals surface area contributed by atoms with E-state index in [1.54, 1.807) is 32.9 Å². The summed E-state index contributed by atoms with van der Waals surface area (Å²) in [6.07, 6.45) is 4.15. The van der Waals surface area contributed by atoms with Crippen LogP contribution in [0.25, 0.3) is 0 Å². The van der Waals surface area contributed by atoms with Crippen LogP contribution >= 0.6 is 0 Å². The highest BCUT2D eigenvalue weighted by Gasteiger charge is 2.61. The van der Waals surface area contributed by atoms with Crippen molar-refractivity contribution in [1.82, 2.24) is 0 Å². The van der Waals surface area contributed by atoms with Gasteiger partial charge in [0.1, 0.15) is 6.10 Å². The Hall–Kier alpha value is -2.17. The number of rotatable bonds is 2. The molecule has 1 fully saturated rings. The van der Waals surface area contributed by atoms with Crippen LogP contribution in [0, 0.1) is 11.8 Å². The Bertz CT molecular complexity index is 754. The van der Waals surface area contributed by atoms with Crippen molar-refractivity contribution in [2.45, 2.75) is 59.2 Å². The van der Waals surface area contributed by atoms with Crippen LogP contribution in [-0.2, 0) is 23.9 Å². The minimum absolute atomic E-state index is 0.00653. The van der Waals surface area contributed by atoms with Crippen molar-refractivity contribution in [2.75, 3.05) is 0 Å². The number of carbonyl (C=O) groups excluding carboxylic acids is 3. The molecule has 0 saturated carbocycles. The summed E-state index contributed by atoms with van der Waals surface area (Å²) in [5.41, 5.74) is 1.82. The second-order valence-corrected chi connectivity index (χ2v) is 7.41. The fraction of sp³-hybridized carbons (Fsp3) is 0.550. The van der Waals surface area contributed by atoms with Crippen molar-refractivity contribution in [1.29, 1.82) is 0 Å². The minimum atomic E-state index is -1.33. The number of carbonyl (C=O) groups is 3. The van der Waals surface area contributed by atoms with Crippen LogP contribution in [0.1, 0.15) is 47.5 Å². The standard InChI is InChI=1S/C20H24O5/c1-6-10(2)18(22)25-20(5)13-8-7-11(3)15-14(21)9-12(4)16(15)17(13)24-19(20)23/h6,9,13,16-17H,7-8H2,1-5H3/b10-6-/t13-,16-,17-,20+/m1/s1. The van der Waals surface area contributed by atoms with Gasteiger partial charge in [0.25, 0.3) is 0 Å². The highest BCUT2D eigenvalue weighted by atomic mass is 16.6. The van der Waals surface area contributed by atoms with E-state index < -0.39 is 23.6 Å². The number of esters is 2. The predicted octanol–water partition coefficient (Wildman–Crippen LogP) is 3.05. The average molecular weight is 344 g/mol. The summed E-state index contributed by atoms with van der Waals surface area (Å²) < 4.78 is 11.3. The molecule has 4 atom stereocenters. The third-order valence-corrected chi connectivity index (χ3v) is 5.86. The SMILES string of the molecule is C/C=C(/C)C(=O)O[C@]1(C)C(=O)O[C@H]2[C@@H]3C(C)=CC(=O)C3=C(C)CC[C@H]21. The first-order valence-corrected chi connectivity index (χ1v) is 8.70. The molecule has 0 unspecified atom stereocenters. The zero-order chi connectivity index (χ0) is 18.5. The van der Waals surface area contributed by atoms with Crippen molar-refractivity contribution in [2.24, 2.45) is 11.8 Å². The first-order chi connectivity index (χ1) is 11.7. The van der Waals surface area contributed by atoms with Crippen LogP contribution in [0.4, 0.5) is 0 Å². The Labute approximate surface area is 147 Å². The zero-order valence-electron chi connectivity index (χ0n) is 15.3. The van der Waals surface area contributed by atoms with Gasteiger partial charge in [-0.05, 0) is 53.5 Å². The fourth-order valence-electron chi connectivity index (χ4n) is 4.20. The number of hydrogen-bond donors (Lipinski definition) is 0. The van der Waals surface area contributed by atoms with E-state index in [1.807, 2.05) is 13.8 Å². The third kappa shape index (κ3) is 2.57. The quantitative estimate of drug-likeness (QED) is 0.569. The molecule has 3 aliphatic rings. The van der Waals surface area contributed by atoms with Crippen LogP contribution in [0.2, 0.25) is 0 Å². The van der Waals surface area contributed by atoms with E-state index in [9.17, 15) is 14.4 Å². The van der Waals surface area contributed by atoms with Gasteiger partial charge in [0.05, 0.1) is 0 Å². The summed E-state index contributed by atoms with van der Waals surface area (Å²) in [6, 6.07) is 0. The van der Waals surface area contributed by atoms with E-state index in [0.29, 0.717) is 18.4 Å². The monoisotopic (exact) mass is 344 g/mol. The van der Waals surface area contributed by atoms with E-state index >= 15 is 0 Å². The van der Waals surface area contributed by atoms with Crippen molar-refractivity contribution in [3.8, 4) is 0 Å². The molecule has 25 heavy (non-hydrogen) atoms. The minimum Gasteiger partial charge on any atom is -0.458 e. The molecule has 1 heterocycles. The molecule has 5 nitrogen and oxygen atoms in total. The van der Waals surface area contributed by atoms with Gasteiger partial charge in [-0.2, -0.15) is 0 Å². The number of hydrogen-bond acceptors (Lipinski definition) is 5. The van der Waals surface area contributed by atoms with Crippen molar-refractivity contribution < 1.29 is 23.9 Å². The van der Waals surface area contributed by atoms with Crippen molar-refractivity contribution in [3.63, 3.8) is 0 Å². The third-order valence-electron chi connectivity index (χ3n) is 5.86. The van der Waals surface area contributed by atoms with Gasteiger partial charge in [0.15, 0.2) is 5.78 Å². The van der Waals surface area contributed by atoms with Gasteiger partial charge in [0.2, 0.25) is 5.60 Å². The molecular formula is C20H24O5. The Balaban J connectivity index is 1.98. The maximum absolute atomic E-state index is 12.6. The maximum Gasteiger partial charge on any atom is 0.351 e. The van der Waals surface area contributed by atoms with Crippen LogP contribution in [-0.4, -0.2) is 29.4 Å². The molecule has 0 aromatic carbocycles.